The summed E-state index contributed by atoms with van der Waals surface area (Å²) < 4.78 is 32.0. The quantitative estimate of drug-likeness (QED) is 0.606. The molecule has 0 saturated carbocycles. The van der Waals surface area contributed by atoms with Crippen LogP contribution >= 0.6 is 0 Å². The van der Waals surface area contributed by atoms with Gasteiger partial charge in [0.1, 0.15) is 5.75 Å². The van der Waals surface area contributed by atoms with E-state index in [0.717, 1.165) is 18.4 Å². The molecule has 1 heterocycles. The summed E-state index contributed by atoms with van der Waals surface area (Å²) in [5.41, 5.74) is 1.29. The molecule has 0 aliphatic carbocycles. The summed E-state index contributed by atoms with van der Waals surface area (Å²) in [7, 11) is -3.44. The number of hydrogen-bond acceptors (Lipinski definition) is 5. The lowest BCUT2D eigenvalue weighted by molar-refractivity contribution is -0.136. The van der Waals surface area contributed by atoms with Gasteiger partial charge in [0.05, 0.1) is 17.2 Å². The topological polar surface area (TPSA) is 105 Å². The van der Waals surface area contributed by atoms with Gasteiger partial charge in [-0.15, -0.1) is 0 Å². The number of anilines is 1. The van der Waals surface area contributed by atoms with Crippen molar-refractivity contribution in [3.63, 3.8) is 0 Å². The summed E-state index contributed by atoms with van der Waals surface area (Å²) in [6.45, 7) is 3.65. The molecule has 166 valence electrons. The average Bonchev–Trinajstić information content (AvgIpc) is 3.31. The third-order valence-corrected chi connectivity index (χ3v) is 6.88. The second-order valence-electron chi connectivity index (χ2n) is 7.14. The standard InChI is InChI=1S/C22H27N3O5S/c1-2-30-20-8-4-3-7-19(20)24-22(27)21(26)23-14-13-17-9-11-18(12-10-17)31(28,29)25-15-5-6-16-25/h3-4,7-12H,2,5-6,13-16H2,1H3,(H,23,26)(H,24,27). The molecule has 0 radical (unpaired) electrons. The van der Waals surface area contributed by atoms with Crippen LogP contribution in [0.3, 0.4) is 0 Å². The minimum Gasteiger partial charge on any atom is -0.492 e. The summed E-state index contributed by atoms with van der Waals surface area (Å²) in [5, 5.41) is 5.12. The maximum atomic E-state index is 12.6. The zero-order valence-electron chi connectivity index (χ0n) is 17.5. The van der Waals surface area contributed by atoms with Crippen LogP contribution in [0, 0.1) is 0 Å². The van der Waals surface area contributed by atoms with E-state index >= 15 is 0 Å². The largest absolute Gasteiger partial charge is 0.492 e. The Labute approximate surface area is 182 Å². The highest BCUT2D eigenvalue weighted by atomic mass is 32.2. The van der Waals surface area contributed by atoms with Crippen molar-refractivity contribution in [1.82, 2.24) is 9.62 Å². The van der Waals surface area contributed by atoms with Gasteiger partial charge in [-0.1, -0.05) is 24.3 Å². The minimum atomic E-state index is -3.44. The lowest BCUT2D eigenvalue weighted by atomic mass is 10.1. The van der Waals surface area contributed by atoms with E-state index in [1.165, 1.54) is 4.31 Å². The molecule has 3 rings (SSSR count). The maximum absolute atomic E-state index is 12.6. The van der Waals surface area contributed by atoms with E-state index in [0.29, 0.717) is 37.6 Å². The van der Waals surface area contributed by atoms with Crippen LogP contribution in [0.5, 0.6) is 5.75 Å². The van der Waals surface area contributed by atoms with Crippen LogP contribution in [0.25, 0.3) is 0 Å². The lowest BCUT2D eigenvalue weighted by Crippen LogP contribution is -2.36. The smallest absolute Gasteiger partial charge is 0.313 e. The molecule has 1 saturated heterocycles. The van der Waals surface area contributed by atoms with Crippen molar-refractivity contribution in [3.05, 3.63) is 54.1 Å². The van der Waals surface area contributed by atoms with E-state index in [1.54, 1.807) is 48.5 Å². The van der Waals surface area contributed by atoms with Crippen molar-refractivity contribution >= 4 is 27.5 Å². The number of nitrogens with one attached hydrogen (secondary N) is 2. The molecule has 2 aromatic carbocycles. The Bertz CT molecular complexity index is 1020. The molecular weight excluding hydrogens is 418 g/mol. The number of rotatable bonds is 8. The van der Waals surface area contributed by atoms with Crippen molar-refractivity contribution in [1.29, 1.82) is 0 Å². The van der Waals surface area contributed by atoms with Gasteiger partial charge < -0.3 is 15.4 Å². The monoisotopic (exact) mass is 445 g/mol. The third-order valence-electron chi connectivity index (χ3n) is 4.97. The van der Waals surface area contributed by atoms with E-state index < -0.39 is 21.8 Å². The first-order valence-corrected chi connectivity index (χ1v) is 11.8. The summed E-state index contributed by atoms with van der Waals surface area (Å²) in [5.74, 6) is -1.03. The van der Waals surface area contributed by atoms with Crippen molar-refractivity contribution < 1.29 is 22.7 Å². The van der Waals surface area contributed by atoms with Crippen LogP contribution in [-0.4, -0.2) is 50.8 Å². The molecule has 0 bridgehead atoms. The van der Waals surface area contributed by atoms with Gasteiger partial charge in [0.25, 0.3) is 0 Å². The number of sulfonamides is 1. The van der Waals surface area contributed by atoms with Gasteiger partial charge in [0.15, 0.2) is 0 Å². The molecule has 0 aromatic heterocycles. The molecule has 0 spiro atoms. The summed E-state index contributed by atoms with van der Waals surface area (Å²) in [6, 6.07) is 13.5. The molecule has 8 nitrogen and oxygen atoms in total. The van der Waals surface area contributed by atoms with Crippen LogP contribution in [0.4, 0.5) is 5.69 Å². The van der Waals surface area contributed by atoms with E-state index in [9.17, 15) is 18.0 Å². The highest BCUT2D eigenvalue weighted by Crippen LogP contribution is 2.23. The number of nitrogens with zero attached hydrogens (tertiary/aromatic N) is 1. The molecule has 1 aliphatic heterocycles. The lowest BCUT2D eigenvalue weighted by Gasteiger charge is -2.15. The molecule has 2 amide bonds. The van der Waals surface area contributed by atoms with E-state index in [1.807, 2.05) is 6.92 Å². The minimum absolute atomic E-state index is 0.248. The molecule has 31 heavy (non-hydrogen) atoms. The molecule has 1 fully saturated rings. The molecule has 1 aliphatic rings. The molecular formula is C22H27N3O5S. The fourth-order valence-electron chi connectivity index (χ4n) is 3.34. The Balaban J connectivity index is 1.49. The fraction of sp³-hybridized carbons (Fsp3) is 0.364. The van der Waals surface area contributed by atoms with Gasteiger partial charge in [0, 0.05) is 19.6 Å². The molecule has 2 N–H and O–H groups in total. The molecule has 9 heteroatoms. The predicted octanol–water partition coefficient (Wildman–Crippen LogP) is 2.17. The van der Waals surface area contributed by atoms with Gasteiger partial charge in [-0.05, 0) is 56.0 Å². The van der Waals surface area contributed by atoms with E-state index in [4.69, 9.17) is 4.74 Å². The van der Waals surface area contributed by atoms with Gasteiger partial charge in [-0.2, -0.15) is 4.31 Å². The first-order valence-electron chi connectivity index (χ1n) is 10.3. The second-order valence-corrected chi connectivity index (χ2v) is 9.08. The first-order chi connectivity index (χ1) is 14.9. The van der Waals surface area contributed by atoms with Crippen LogP contribution in [0.1, 0.15) is 25.3 Å². The Morgan fingerprint density at radius 3 is 2.35 bits per heavy atom. The highest BCUT2D eigenvalue weighted by Gasteiger charge is 2.26. The van der Waals surface area contributed by atoms with Gasteiger partial charge in [0.2, 0.25) is 10.0 Å². The Morgan fingerprint density at radius 2 is 1.68 bits per heavy atom. The van der Waals surface area contributed by atoms with Crippen molar-refractivity contribution in [3.8, 4) is 5.75 Å². The second kappa shape index (κ2) is 10.4. The number of amides is 2. The molecule has 0 atom stereocenters. The summed E-state index contributed by atoms with van der Waals surface area (Å²) in [6.07, 6.45) is 2.25. The van der Waals surface area contributed by atoms with Gasteiger partial charge in [-0.25, -0.2) is 8.42 Å². The van der Waals surface area contributed by atoms with Crippen LogP contribution < -0.4 is 15.4 Å². The fourth-order valence-corrected chi connectivity index (χ4v) is 4.85. The zero-order valence-corrected chi connectivity index (χ0v) is 18.3. The SMILES string of the molecule is CCOc1ccccc1NC(=O)C(=O)NCCc1ccc(S(=O)(=O)N2CCCC2)cc1. The van der Waals surface area contributed by atoms with Crippen molar-refractivity contribution in [2.45, 2.75) is 31.1 Å². The number of para-hydroxylation sites is 2. The Morgan fingerprint density at radius 1 is 1.00 bits per heavy atom. The third kappa shape index (κ3) is 5.83. The zero-order chi connectivity index (χ0) is 22.3. The van der Waals surface area contributed by atoms with Crippen LogP contribution in [0.15, 0.2) is 53.4 Å². The van der Waals surface area contributed by atoms with Gasteiger partial charge in [-0.3, -0.25) is 9.59 Å². The van der Waals surface area contributed by atoms with Crippen LogP contribution in [0.2, 0.25) is 0 Å². The Kier molecular flexibility index (Phi) is 7.64. The number of carbonyl (C=O) groups is 2. The number of hydrogen-bond donors (Lipinski definition) is 2. The van der Waals surface area contributed by atoms with Gasteiger partial charge >= 0.3 is 11.8 Å². The number of benzene rings is 2. The highest BCUT2D eigenvalue weighted by molar-refractivity contribution is 7.89. The Hall–Kier alpha value is -2.91. The maximum Gasteiger partial charge on any atom is 0.313 e. The predicted molar refractivity (Wildman–Crippen MR) is 117 cm³/mol. The summed E-state index contributed by atoms with van der Waals surface area (Å²) >= 11 is 0. The first kappa shape index (κ1) is 22.8. The summed E-state index contributed by atoms with van der Waals surface area (Å²) in [4.78, 5) is 24.5. The molecule has 0 unspecified atom stereocenters. The number of ether oxygens (including phenoxy) is 1. The average molecular weight is 446 g/mol. The van der Waals surface area contributed by atoms with Crippen LogP contribution in [-0.2, 0) is 26.0 Å². The van der Waals surface area contributed by atoms with E-state index in [2.05, 4.69) is 10.6 Å². The van der Waals surface area contributed by atoms with Crippen molar-refractivity contribution in [2.24, 2.45) is 0 Å². The number of carbonyl (C=O) groups excluding carboxylic acids is 2. The molecule has 2 aromatic rings. The van der Waals surface area contributed by atoms with Crippen molar-refractivity contribution in [2.75, 3.05) is 31.6 Å². The normalized spacial score (nSPS) is 14.2. The van der Waals surface area contributed by atoms with E-state index in [-0.39, 0.29) is 11.4 Å².